The summed E-state index contributed by atoms with van der Waals surface area (Å²) in [5.41, 5.74) is 1.05. The Morgan fingerprint density at radius 1 is 1.30 bits per heavy atom. The van der Waals surface area contributed by atoms with Crippen molar-refractivity contribution in [3.8, 4) is 17.1 Å². The molecule has 0 unspecified atom stereocenters. The molecule has 0 radical (unpaired) electrons. The van der Waals surface area contributed by atoms with E-state index in [0.717, 1.165) is 5.56 Å². The monoisotopic (exact) mass is 425 g/mol. The molecule has 1 N–H and O–H groups in total. The quantitative estimate of drug-likeness (QED) is 0.240. The van der Waals surface area contributed by atoms with Crippen LogP contribution in [-0.4, -0.2) is 38.5 Å². The smallest absolute Gasteiger partial charge is 0.271 e. The summed E-state index contributed by atoms with van der Waals surface area (Å²) in [6.45, 7) is 4.23. The van der Waals surface area contributed by atoms with E-state index in [0.29, 0.717) is 29.0 Å². The number of non-ortho nitro benzene ring substituents is 1. The third kappa shape index (κ3) is 4.84. The zero-order chi connectivity index (χ0) is 21.5. The second-order valence-corrected chi connectivity index (χ2v) is 6.99. The molecular formula is C20H19N5O4S. The van der Waals surface area contributed by atoms with Gasteiger partial charge in [0.15, 0.2) is 11.0 Å². The first-order valence-corrected chi connectivity index (χ1v) is 9.86. The molecule has 1 amide bonds. The molecule has 3 aromatic rings. The first kappa shape index (κ1) is 21.1. The normalized spacial score (nSPS) is 10.4. The van der Waals surface area contributed by atoms with Gasteiger partial charge in [0, 0.05) is 24.4 Å². The number of aromatic nitrogens is 3. The maximum atomic E-state index is 12.3. The highest BCUT2D eigenvalue weighted by Gasteiger charge is 2.18. The summed E-state index contributed by atoms with van der Waals surface area (Å²) < 4.78 is 7.25. The molecule has 0 saturated heterocycles. The fraction of sp³-hybridized carbons (Fsp3) is 0.150. The molecule has 10 heteroatoms. The van der Waals surface area contributed by atoms with E-state index in [1.165, 1.54) is 30.0 Å². The third-order valence-electron chi connectivity index (χ3n) is 4.05. The average molecular weight is 425 g/mol. The van der Waals surface area contributed by atoms with Gasteiger partial charge in [0.05, 0.1) is 23.3 Å². The van der Waals surface area contributed by atoms with Gasteiger partial charge in [-0.2, -0.15) is 0 Å². The molecule has 0 spiro atoms. The number of ether oxygens (including phenoxy) is 1. The number of nitrogens with zero attached hydrogens (tertiary/aromatic N) is 4. The lowest BCUT2D eigenvalue weighted by atomic mass is 10.2. The minimum Gasteiger partial charge on any atom is -0.496 e. The van der Waals surface area contributed by atoms with E-state index >= 15 is 0 Å². The molecule has 30 heavy (non-hydrogen) atoms. The number of carbonyl (C=O) groups excluding carboxylic acids is 1. The summed E-state index contributed by atoms with van der Waals surface area (Å²) >= 11 is 1.21. The molecule has 0 atom stereocenters. The number of anilines is 1. The lowest BCUT2D eigenvalue weighted by Crippen LogP contribution is -2.14. The van der Waals surface area contributed by atoms with Crippen LogP contribution in [0.2, 0.25) is 0 Å². The zero-order valence-corrected chi connectivity index (χ0v) is 17.0. The van der Waals surface area contributed by atoms with E-state index in [2.05, 4.69) is 22.1 Å². The van der Waals surface area contributed by atoms with Crippen LogP contribution >= 0.6 is 11.8 Å². The summed E-state index contributed by atoms with van der Waals surface area (Å²) in [6, 6.07) is 13.2. The van der Waals surface area contributed by atoms with Crippen molar-refractivity contribution < 1.29 is 14.5 Å². The van der Waals surface area contributed by atoms with Gasteiger partial charge >= 0.3 is 0 Å². The average Bonchev–Trinajstić information content (AvgIpc) is 3.15. The fourth-order valence-electron chi connectivity index (χ4n) is 2.74. The highest BCUT2D eigenvalue weighted by Crippen LogP contribution is 2.31. The Labute approximate surface area is 176 Å². The zero-order valence-electron chi connectivity index (χ0n) is 16.1. The topological polar surface area (TPSA) is 112 Å². The number of thioether (sulfide) groups is 1. The van der Waals surface area contributed by atoms with E-state index in [1.807, 2.05) is 28.8 Å². The van der Waals surface area contributed by atoms with E-state index in [-0.39, 0.29) is 17.3 Å². The largest absolute Gasteiger partial charge is 0.496 e. The maximum absolute atomic E-state index is 12.3. The molecule has 0 fully saturated rings. The number of hydrogen-bond donors (Lipinski definition) is 1. The van der Waals surface area contributed by atoms with Crippen molar-refractivity contribution in [3.63, 3.8) is 0 Å². The van der Waals surface area contributed by atoms with Crippen molar-refractivity contribution in [2.75, 3.05) is 18.2 Å². The summed E-state index contributed by atoms with van der Waals surface area (Å²) in [6.07, 6.45) is 1.72. The molecule has 0 aliphatic carbocycles. The van der Waals surface area contributed by atoms with Crippen LogP contribution in [0.1, 0.15) is 0 Å². The Hall–Kier alpha value is -3.66. The Morgan fingerprint density at radius 3 is 2.83 bits per heavy atom. The number of nitrogens with one attached hydrogen (secondary N) is 1. The first-order valence-electron chi connectivity index (χ1n) is 8.88. The molecular weight excluding hydrogens is 406 g/mol. The Bertz CT molecular complexity index is 1080. The number of allylic oxidation sites excluding steroid dienone is 1. The highest BCUT2D eigenvalue weighted by molar-refractivity contribution is 7.99. The summed E-state index contributed by atoms with van der Waals surface area (Å²) in [5.74, 6) is 1.01. The molecule has 0 aliphatic rings. The van der Waals surface area contributed by atoms with E-state index in [4.69, 9.17) is 4.74 Å². The second-order valence-electron chi connectivity index (χ2n) is 6.05. The second kappa shape index (κ2) is 9.70. The number of rotatable bonds is 9. The number of hydrogen-bond acceptors (Lipinski definition) is 7. The van der Waals surface area contributed by atoms with Gasteiger partial charge in [0.2, 0.25) is 5.91 Å². The summed E-state index contributed by atoms with van der Waals surface area (Å²) in [4.78, 5) is 22.7. The van der Waals surface area contributed by atoms with Crippen molar-refractivity contribution in [1.82, 2.24) is 14.8 Å². The van der Waals surface area contributed by atoms with Crippen molar-refractivity contribution in [2.45, 2.75) is 11.7 Å². The Kier molecular flexibility index (Phi) is 6.81. The van der Waals surface area contributed by atoms with Gasteiger partial charge in [-0.1, -0.05) is 36.0 Å². The van der Waals surface area contributed by atoms with Crippen molar-refractivity contribution >= 4 is 29.0 Å². The molecule has 3 rings (SSSR count). The van der Waals surface area contributed by atoms with Gasteiger partial charge in [-0.15, -0.1) is 16.8 Å². The van der Waals surface area contributed by atoms with E-state index in [1.54, 1.807) is 19.3 Å². The number of para-hydroxylation sites is 1. The van der Waals surface area contributed by atoms with Gasteiger partial charge in [-0.25, -0.2) is 0 Å². The van der Waals surface area contributed by atoms with Gasteiger partial charge in [0.1, 0.15) is 5.75 Å². The molecule has 0 aliphatic heterocycles. The van der Waals surface area contributed by atoms with Crippen LogP contribution in [0.15, 0.2) is 66.3 Å². The minimum absolute atomic E-state index is 0.0594. The molecule has 0 bridgehead atoms. The molecule has 1 aromatic heterocycles. The van der Waals surface area contributed by atoms with Crippen LogP contribution in [0.25, 0.3) is 11.4 Å². The van der Waals surface area contributed by atoms with Gasteiger partial charge in [0.25, 0.3) is 5.69 Å². The Balaban J connectivity index is 1.75. The maximum Gasteiger partial charge on any atom is 0.271 e. The number of benzene rings is 2. The Morgan fingerprint density at radius 2 is 2.10 bits per heavy atom. The van der Waals surface area contributed by atoms with Crippen molar-refractivity contribution in [3.05, 3.63) is 71.3 Å². The van der Waals surface area contributed by atoms with E-state index < -0.39 is 4.92 Å². The SMILES string of the molecule is C=CCn1c(SCC(=O)Nc2cccc([N+](=O)[O-])c2)nnc1-c1ccccc1OC. The molecule has 9 nitrogen and oxygen atoms in total. The molecule has 0 saturated carbocycles. The third-order valence-corrected chi connectivity index (χ3v) is 5.02. The predicted molar refractivity (Wildman–Crippen MR) is 115 cm³/mol. The molecule has 2 aromatic carbocycles. The van der Waals surface area contributed by atoms with Gasteiger partial charge < -0.3 is 10.1 Å². The number of methoxy groups -OCH3 is 1. The standard InChI is InChI=1S/C20H19N5O4S/c1-3-11-24-19(16-9-4-5-10-17(16)29-2)22-23-20(24)30-13-18(26)21-14-7-6-8-15(12-14)25(27)28/h3-10,12H,1,11,13H2,2H3,(H,21,26). The summed E-state index contributed by atoms with van der Waals surface area (Å²) in [7, 11) is 1.58. The van der Waals surface area contributed by atoms with Crippen LogP contribution in [0.3, 0.4) is 0 Å². The summed E-state index contributed by atoms with van der Waals surface area (Å²) in [5, 5.41) is 22.5. The van der Waals surface area contributed by atoms with Crippen LogP contribution in [-0.2, 0) is 11.3 Å². The fourth-order valence-corrected chi connectivity index (χ4v) is 3.49. The van der Waals surface area contributed by atoms with Crippen LogP contribution in [0.4, 0.5) is 11.4 Å². The lowest BCUT2D eigenvalue weighted by molar-refractivity contribution is -0.384. The number of nitro groups is 1. The van der Waals surface area contributed by atoms with Gasteiger partial charge in [-0.3, -0.25) is 19.5 Å². The number of carbonyl (C=O) groups is 1. The first-order chi connectivity index (χ1) is 14.5. The molecule has 1 heterocycles. The highest BCUT2D eigenvalue weighted by atomic mass is 32.2. The number of nitro benzene ring substituents is 1. The predicted octanol–water partition coefficient (Wildman–Crippen LogP) is 3.78. The molecule has 154 valence electrons. The number of amides is 1. The van der Waals surface area contributed by atoms with E-state index in [9.17, 15) is 14.9 Å². The van der Waals surface area contributed by atoms with Crippen LogP contribution in [0, 0.1) is 10.1 Å². The lowest BCUT2D eigenvalue weighted by Gasteiger charge is -2.10. The van der Waals surface area contributed by atoms with Crippen LogP contribution < -0.4 is 10.1 Å². The van der Waals surface area contributed by atoms with Crippen molar-refractivity contribution in [1.29, 1.82) is 0 Å². The van der Waals surface area contributed by atoms with Gasteiger partial charge in [-0.05, 0) is 18.2 Å². The van der Waals surface area contributed by atoms with Crippen LogP contribution in [0.5, 0.6) is 5.75 Å². The van der Waals surface area contributed by atoms with Crippen molar-refractivity contribution in [2.24, 2.45) is 0 Å². The minimum atomic E-state index is -0.512.